The number of carbonyl (C=O) groups excluding carboxylic acids is 1. The van der Waals surface area contributed by atoms with Crippen LogP contribution in [0.4, 0.5) is 0 Å². The number of hydrogen-bond acceptors (Lipinski definition) is 3. The van der Waals surface area contributed by atoms with Crippen molar-refractivity contribution in [3.05, 3.63) is 126 Å². The number of H-pyrrole nitrogens is 2. The van der Waals surface area contributed by atoms with Crippen molar-refractivity contribution in [2.45, 2.75) is 5.60 Å². The van der Waals surface area contributed by atoms with E-state index in [9.17, 15) is 9.90 Å². The van der Waals surface area contributed by atoms with Gasteiger partial charge in [-0.05, 0) is 30.3 Å². The largest absolute Gasteiger partial charge is 0.507 e. The van der Waals surface area contributed by atoms with Crippen molar-refractivity contribution in [1.82, 2.24) is 9.97 Å². The van der Waals surface area contributed by atoms with Gasteiger partial charge < -0.3 is 19.8 Å². The number of aromatic nitrogens is 2. The summed E-state index contributed by atoms with van der Waals surface area (Å²) in [5.74, 6) is -0.230. The third-order valence-corrected chi connectivity index (χ3v) is 6.97. The average molecular weight is 457 g/mol. The molecule has 1 unspecified atom stereocenters. The Morgan fingerprint density at radius 2 is 1.34 bits per heavy atom. The minimum atomic E-state index is -1.23. The molecule has 3 heterocycles. The maximum atomic E-state index is 13.4. The molecule has 0 saturated carbocycles. The van der Waals surface area contributed by atoms with Crippen molar-refractivity contribution >= 4 is 27.8 Å². The molecule has 6 aromatic rings. The van der Waals surface area contributed by atoms with Crippen LogP contribution in [0, 0.1) is 0 Å². The molecule has 2 aromatic heterocycles. The standard InChI is InChI=1S/C30H20N2O3/c33-26-16-8-4-12-21(26)28-27(20-11-3-7-15-25(20)32-28)30(22-13-5-1-10-19(22)29(34)35-30)23-17-31-24-14-6-2-9-18(23)24/h1-17,31-33H. The van der Waals surface area contributed by atoms with Crippen LogP contribution in [0.2, 0.25) is 0 Å². The fraction of sp³-hybridized carbons (Fsp3) is 0.0333. The van der Waals surface area contributed by atoms with Crippen LogP contribution in [0.1, 0.15) is 27.0 Å². The van der Waals surface area contributed by atoms with Gasteiger partial charge in [0, 0.05) is 50.3 Å². The molecular weight excluding hydrogens is 436 g/mol. The molecule has 0 radical (unpaired) electrons. The fourth-order valence-electron chi connectivity index (χ4n) is 5.50. The number of fused-ring (bicyclic) bond motifs is 3. The Balaban J connectivity index is 1.69. The molecule has 1 aliphatic heterocycles. The summed E-state index contributed by atoms with van der Waals surface area (Å²) in [6.45, 7) is 0. The lowest BCUT2D eigenvalue weighted by molar-refractivity contribution is 0.0262. The fourth-order valence-corrected chi connectivity index (χ4v) is 5.50. The van der Waals surface area contributed by atoms with Crippen LogP contribution in [-0.2, 0) is 10.3 Å². The van der Waals surface area contributed by atoms with Crippen molar-refractivity contribution in [3.8, 4) is 17.0 Å². The van der Waals surface area contributed by atoms with Crippen molar-refractivity contribution in [1.29, 1.82) is 0 Å². The molecule has 4 aromatic carbocycles. The summed E-state index contributed by atoms with van der Waals surface area (Å²) in [5, 5.41) is 12.7. The Hall–Kier alpha value is -4.77. The van der Waals surface area contributed by atoms with Gasteiger partial charge in [0.15, 0.2) is 5.60 Å². The molecule has 35 heavy (non-hydrogen) atoms. The minimum absolute atomic E-state index is 0.145. The number of ether oxygens (including phenoxy) is 1. The number of benzene rings is 4. The Labute approximate surface area is 200 Å². The minimum Gasteiger partial charge on any atom is -0.507 e. The van der Waals surface area contributed by atoms with Crippen molar-refractivity contribution in [2.75, 3.05) is 0 Å². The monoisotopic (exact) mass is 456 g/mol. The molecule has 0 bridgehead atoms. The van der Waals surface area contributed by atoms with E-state index in [1.54, 1.807) is 12.1 Å². The summed E-state index contributed by atoms with van der Waals surface area (Å²) in [6.07, 6.45) is 1.93. The van der Waals surface area contributed by atoms with E-state index in [2.05, 4.69) is 9.97 Å². The molecular formula is C30H20N2O3. The second-order valence-electron chi connectivity index (χ2n) is 8.80. The number of hydrogen-bond donors (Lipinski definition) is 3. The number of phenolic OH excluding ortho intramolecular Hbond substituents is 1. The van der Waals surface area contributed by atoms with Gasteiger partial charge in [-0.15, -0.1) is 0 Å². The number of esters is 1. The van der Waals surface area contributed by atoms with Gasteiger partial charge in [0.1, 0.15) is 5.75 Å². The van der Waals surface area contributed by atoms with Crippen molar-refractivity contribution < 1.29 is 14.6 Å². The van der Waals surface area contributed by atoms with Crippen LogP contribution in [0.3, 0.4) is 0 Å². The number of aromatic amines is 2. The van der Waals surface area contributed by atoms with E-state index < -0.39 is 5.60 Å². The van der Waals surface area contributed by atoms with Crippen LogP contribution in [0.15, 0.2) is 103 Å². The van der Waals surface area contributed by atoms with Gasteiger partial charge in [0.05, 0.1) is 11.3 Å². The summed E-state index contributed by atoms with van der Waals surface area (Å²) in [4.78, 5) is 20.2. The normalized spacial score (nSPS) is 17.1. The molecule has 1 atom stereocenters. The second-order valence-corrected chi connectivity index (χ2v) is 8.80. The molecule has 5 nitrogen and oxygen atoms in total. The Morgan fingerprint density at radius 3 is 2.17 bits per heavy atom. The molecule has 5 heteroatoms. The van der Waals surface area contributed by atoms with Crippen LogP contribution in [0.25, 0.3) is 33.1 Å². The lowest BCUT2D eigenvalue weighted by Gasteiger charge is -2.30. The molecule has 0 fully saturated rings. The van der Waals surface area contributed by atoms with Crippen LogP contribution >= 0.6 is 0 Å². The first-order valence-corrected chi connectivity index (χ1v) is 11.5. The first-order chi connectivity index (χ1) is 17.2. The van der Waals surface area contributed by atoms with Gasteiger partial charge in [-0.2, -0.15) is 0 Å². The topological polar surface area (TPSA) is 78.1 Å². The third-order valence-electron chi connectivity index (χ3n) is 6.97. The molecule has 0 spiro atoms. The number of cyclic esters (lactones) is 1. The summed E-state index contributed by atoms with van der Waals surface area (Å²) in [6, 6.07) is 30.7. The van der Waals surface area contributed by atoms with Gasteiger partial charge in [0.25, 0.3) is 0 Å². The first kappa shape index (κ1) is 19.7. The molecule has 7 rings (SSSR count). The maximum Gasteiger partial charge on any atom is 0.340 e. The summed E-state index contributed by atoms with van der Waals surface area (Å²) < 4.78 is 6.47. The quantitative estimate of drug-likeness (QED) is 0.267. The van der Waals surface area contributed by atoms with Gasteiger partial charge in [-0.1, -0.05) is 66.7 Å². The Kier molecular flexibility index (Phi) is 4.00. The van der Waals surface area contributed by atoms with Gasteiger partial charge >= 0.3 is 5.97 Å². The predicted molar refractivity (Wildman–Crippen MR) is 135 cm³/mol. The lowest BCUT2D eigenvalue weighted by Crippen LogP contribution is -2.30. The van der Waals surface area contributed by atoms with Gasteiger partial charge in [-0.25, -0.2) is 4.79 Å². The van der Waals surface area contributed by atoms with E-state index in [0.717, 1.165) is 38.5 Å². The van der Waals surface area contributed by atoms with Gasteiger partial charge in [0.2, 0.25) is 0 Å². The van der Waals surface area contributed by atoms with E-state index in [1.165, 1.54) is 0 Å². The lowest BCUT2D eigenvalue weighted by atomic mass is 9.77. The molecule has 0 aliphatic carbocycles. The highest BCUT2D eigenvalue weighted by atomic mass is 16.6. The van der Waals surface area contributed by atoms with Crippen molar-refractivity contribution in [2.24, 2.45) is 0 Å². The van der Waals surface area contributed by atoms with Crippen LogP contribution in [-0.4, -0.2) is 21.0 Å². The van der Waals surface area contributed by atoms with E-state index in [1.807, 2.05) is 91.1 Å². The average Bonchev–Trinajstić information content (AvgIpc) is 3.57. The van der Waals surface area contributed by atoms with Gasteiger partial charge in [-0.3, -0.25) is 0 Å². The summed E-state index contributed by atoms with van der Waals surface area (Å²) in [5.41, 5.74) is 4.89. The van der Waals surface area contributed by atoms with Crippen LogP contribution in [0.5, 0.6) is 5.75 Å². The molecule has 3 N–H and O–H groups in total. The highest BCUT2D eigenvalue weighted by Gasteiger charge is 2.52. The highest BCUT2D eigenvalue weighted by molar-refractivity contribution is 6.02. The molecule has 1 aliphatic rings. The number of nitrogens with one attached hydrogen (secondary N) is 2. The maximum absolute atomic E-state index is 13.4. The zero-order valence-electron chi connectivity index (χ0n) is 18.6. The number of carbonyl (C=O) groups is 1. The summed E-state index contributed by atoms with van der Waals surface area (Å²) in [7, 11) is 0. The van der Waals surface area contributed by atoms with E-state index in [-0.39, 0.29) is 11.7 Å². The molecule has 0 saturated heterocycles. The number of phenols is 1. The zero-order chi connectivity index (χ0) is 23.6. The molecule has 0 amide bonds. The van der Waals surface area contributed by atoms with E-state index in [4.69, 9.17) is 4.74 Å². The number of para-hydroxylation sites is 3. The smallest absolute Gasteiger partial charge is 0.340 e. The first-order valence-electron chi connectivity index (χ1n) is 11.5. The SMILES string of the molecule is O=C1OC(c2c[nH]c3ccccc23)(c2c(-c3ccccc3O)[nH]c3ccccc23)c2ccccc21. The highest BCUT2D eigenvalue weighted by Crippen LogP contribution is 2.54. The summed E-state index contributed by atoms with van der Waals surface area (Å²) >= 11 is 0. The third kappa shape index (κ3) is 2.60. The zero-order valence-corrected chi connectivity index (χ0v) is 18.6. The number of aromatic hydroxyl groups is 1. The Morgan fingerprint density at radius 1 is 0.686 bits per heavy atom. The van der Waals surface area contributed by atoms with Crippen molar-refractivity contribution in [3.63, 3.8) is 0 Å². The Bertz CT molecular complexity index is 1780. The number of rotatable bonds is 3. The van der Waals surface area contributed by atoms with Crippen LogP contribution < -0.4 is 0 Å². The second kappa shape index (κ2) is 7.11. The van der Waals surface area contributed by atoms with E-state index >= 15 is 0 Å². The molecule has 168 valence electrons. The predicted octanol–water partition coefficient (Wildman–Crippen LogP) is 6.48. The van der Waals surface area contributed by atoms with E-state index in [0.29, 0.717) is 16.8 Å².